The van der Waals surface area contributed by atoms with Gasteiger partial charge in [-0.2, -0.15) is 0 Å². The molecule has 0 bridgehead atoms. The van der Waals surface area contributed by atoms with Gasteiger partial charge in [-0.05, 0) is 118 Å². The first kappa shape index (κ1) is 19.3. The molecule has 0 aromatic heterocycles. The van der Waals surface area contributed by atoms with Crippen molar-refractivity contribution in [2.24, 2.45) is 46.3 Å². The summed E-state index contributed by atoms with van der Waals surface area (Å²) in [5.74, 6) is 6.28. The Bertz CT molecular complexity index is 487. The molecule has 4 saturated carbocycles. The van der Waals surface area contributed by atoms with Crippen molar-refractivity contribution in [3.63, 3.8) is 0 Å². The fraction of sp³-hybridized carbons (Fsp3) is 1.00. The number of fused-ring (bicyclic) bond motifs is 5. The van der Waals surface area contributed by atoms with Gasteiger partial charge in [-0.25, -0.2) is 0 Å². The Hall–Kier alpha value is -0.0400. The molecule has 1 nitrogen and oxygen atoms in total. The van der Waals surface area contributed by atoms with Crippen molar-refractivity contribution in [2.45, 2.75) is 97.8 Å². The van der Waals surface area contributed by atoms with Gasteiger partial charge in [-0.1, -0.05) is 40.0 Å². The molecule has 8 atom stereocenters. The summed E-state index contributed by atoms with van der Waals surface area (Å²) in [5.41, 5.74) is 1.36. The van der Waals surface area contributed by atoms with Gasteiger partial charge < -0.3 is 5.32 Å². The Kier molecular flexibility index (Phi) is 5.50. The van der Waals surface area contributed by atoms with Crippen LogP contribution in [0.25, 0.3) is 0 Å². The Labute approximate surface area is 163 Å². The maximum Gasteiger partial charge on any atom is -0.00518 e. The van der Waals surface area contributed by atoms with Gasteiger partial charge in [-0.15, -0.1) is 0 Å². The monoisotopic (exact) mass is 359 g/mol. The zero-order valence-electron chi connectivity index (χ0n) is 18.2. The summed E-state index contributed by atoms with van der Waals surface area (Å²) in [6, 6.07) is 0. The molecule has 0 aliphatic heterocycles. The topological polar surface area (TPSA) is 12.0 Å². The van der Waals surface area contributed by atoms with Crippen molar-refractivity contribution < 1.29 is 0 Å². The predicted molar refractivity (Wildman–Crippen MR) is 112 cm³/mol. The second-order valence-electron chi connectivity index (χ2n) is 11.2. The highest BCUT2D eigenvalue weighted by molar-refractivity contribution is 5.10. The van der Waals surface area contributed by atoms with Crippen LogP contribution in [-0.2, 0) is 0 Å². The molecule has 0 saturated heterocycles. The summed E-state index contributed by atoms with van der Waals surface area (Å²) in [6.07, 6.45) is 18.2. The minimum absolute atomic E-state index is 0.672. The Balaban J connectivity index is 1.56. The average molecular weight is 360 g/mol. The van der Waals surface area contributed by atoms with Gasteiger partial charge in [-0.3, -0.25) is 0 Å². The van der Waals surface area contributed by atoms with Gasteiger partial charge in [0.05, 0.1) is 0 Å². The molecule has 150 valence electrons. The first-order chi connectivity index (χ1) is 12.5. The molecule has 4 rings (SSSR count). The lowest BCUT2D eigenvalue weighted by molar-refractivity contribution is -0.135. The number of hydrogen-bond acceptors (Lipinski definition) is 1. The van der Waals surface area contributed by atoms with Gasteiger partial charge in [0.2, 0.25) is 0 Å². The summed E-state index contributed by atoms with van der Waals surface area (Å²) < 4.78 is 0. The van der Waals surface area contributed by atoms with E-state index < -0.39 is 0 Å². The molecule has 5 unspecified atom stereocenters. The van der Waals surface area contributed by atoms with E-state index in [1.807, 2.05) is 0 Å². The van der Waals surface area contributed by atoms with Crippen molar-refractivity contribution >= 4 is 0 Å². The molecular formula is C25H45N. The normalized spacial score (nSPS) is 50.8. The van der Waals surface area contributed by atoms with Gasteiger partial charge in [0, 0.05) is 0 Å². The first-order valence-corrected chi connectivity index (χ1v) is 12.2. The maximum absolute atomic E-state index is 3.37. The second kappa shape index (κ2) is 7.41. The van der Waals surface area contributed by atoms with Gasteiger partial charge in [0.15, 0.2) is 0 Å². The van der Waals surface area contributed by atoms with Crippen LogP contribution < -0.4 is 5.32 Å². The highest BCUT2D eigenvalue weighted by Gasteiger charge is 2.60. The molecule has 4 aliphatic carbocycles. The van der Waals surface area contributed by atoms with E-state index in [4.69, 9.17) is 0 Å². The maximum atomic E-state index is 3.37. The van der Waals surface area contributed by atoms with Crippen molar-refractivity contribution in [1.82, 2.24) is 5.32 Å². The van der Waals surface area contributed by atoms with Crippen molar-refractivity contribution in [3.8, 4) is 0 Å². The Morgan fingerprint density at radius 2 is 1.69 bits per heavy atom. The highest BCUT2D eigenvalue weighted by atomic mass is 14.8. The number of rotatable bonds is 5. The van der Waals surface area contributed by atoms with E-state index in [1.165, 1.54) is 45.1 Å². The van der Waals surface area contributed by atoms with Crippen LogP contribution in [0.4, 0.5) is 0 Å². The summed E-state index contributed by atoms with van der Waals surface area (Å²) in [5, 5.41) is 3.37. The SMILES string of the molecule is CC[C@H]1CC2C3CC[C@H](CCCNC)C3(C)CC[C@@H]2C2(C)CCCCC12. The lowest BCUT2D eigenvalue weighted by Gasteiger charge is -2.62. The Morgan fingerprint density at radius 1 is 0.885 bits per heavy atom. The van der Waals surface area contributed by atoms with Gasteiger partial charge in [0.1, 0.15) is 0 Å². The molecule has 1 N–H and O–H groups in total. The largest absolute Gasteiger partial charge is 0.320 e. The minimum atomic E-state index is 0.672. The molecule has 0 heterocycles. The highest BCUT2D eigenvalue weighted by Crippen LogP contribution is 2.69. The minimum Gasteiger partial charge on any atom is -0.320 e. The van der Waals surface area contributed by atoms with E-state index >= 15 is 0 Å². The number of nitrogens with one attached hydrogen (secondary N) is 1. The van der Waals surface area contributed by atoms with Crippen LogP contribution in [0.1, 0.15) is 97.8 Å². The fourth-order valence-corrected chi connectivity index (χ4v) is 9.13. The number of hydrogen-bond donors (Lipinski definition) is 1. The summed E-state index contributed by atoms with van der Waals surface area (Å²) >= 11 is 0. The van der Waals surface area contributed by atoms with Crippen LogP contribution in [0.5, 0.6) is 0 Å². The third-order valence-electron chi connectivity index (χ3n) is 10.5. The first-order valence-electron chi connectivity index (χ1n) is 12.2. The van der Waals surface area contributed by atoms with Gasteiger partial charge in [0.25, 0.3) is 0 Å². The third kappa shape index (κ3) is 2.90. The van der Waals surface area contributed by atoms with Crippen LogP contribution in [0.3, 0.4) is 0 Å². The molecule has 4 aliphatic rings. The molecule has 0 aromatic rings. The van der Waals surface area contributed by atoms with Crippen molar-refractivity contribution in [2.75, 3.05) is 13.6 Å². The average Bonchev–Trinajstić information content (AvgIpc) is 2.97. The molecule has 1 heteroatoms. The molecule has 4 fully saturated rings. The lowest BCUT2D eigenvalue weighted by Crippen LogP contribution is -2.55. The zero-order chi connectivity index (χ0) is 18.4. The van der Waals surface area contributed by atoms with E-state index in [1.54, 1.807) is 38.5 Å². The van der Waals surface area contributed by atoms with Crippen molar-refractivity contribution in [1.29, 1.82) is 0 Å². The second-order valence-corrected chi connectivity index (χ2v) is 11.2. The standard InChI is InChI=1S/C25H45N/c1-5-18-17-20-22-12-11-19(9-8-16-26-4)24(22,2)15-13-23(20)25(3)14-7-6-10-21(18)25/h18-23,26H,5-17H2,1-4H3/t18-,19-,20?,21?,22?,23-,24?,25?/m0/s1. The van der Waals surface area contributed by atoms with Crippen LogP contribution in [0, 0.1) is 46.3 Å². The van der Waals surface area contributed by atoms with Crippen LogP contribution in [0.2, 0.25) is 0 Å². The predicted octanol–water partition coefficient (Wildman–Crippen LogP) is 6.67. The van der Waals surface area contributed by atoms with Crippen LogP contribution >= 0.6 is 0 Å². The van der Waals surface area contributed by atoms with E-state index in [-0.39, 0.29) is 0 Å². The van der Waals surface area contributed by atoms with E-state index in [0.717, 1.165) is 35.5 Å². The van der Waals surface area contributed by atoms with Crippen LogP contribution in [0.15, 0.2) is 0 Å². The smallest absolute Gasteiger partial charge is 0.00518 e. The summed E-state index contributed by atoms with van der Waals surface area (Å²) in [6.45, 7) is 9.18. The quantitative estimate of drug-likeness (QED) is 0.540. The van der Waals surface area contributed by atoms with E-state index in [0.29, 0.717) is 10.8 Å². The van der Waals surface area contributed by atoms with E-state index in [2.05, 4.69) is 33.1 Å². The van der Waals surface area contributed by atoms with E-state index in [9.17, 15) is 0 Å². The lowest BCUT2D eigenvalue weighted by atomic mass is 9.42. The molecule has 0 spiro atoms. The third-order valence-corrected chi connectivity index (χ3v) is 10.5. The fourth-order valence-electron chi connectivity index (χ4n) is 9.13. The molecule has 0 amide bonds. The molecule has 0 aromatic carbocycles. The molecule has 26 heavy (non-hydrogen) atoms. The zero-order valence-corrected chi connectivity index (χ0v) is 18.2. The summed E-state index contributed by atoms with van der Waals surface area (Å²) in [7, 11) is 2.11. The Morgan fingerprint density at radius 3 is 2.46 bits per heavy atom. The van der Waals surface area contributed by atoms with Gasteiger partial charge >= 0.3 is 0 Å². The molecule has 0 radical (unpaired) electrons. The van der Waals surface area contributed by atoms with Crippen molar-refractivity contribution in [3.05, 3.63) is 0 Å². The molecular weight excluding hydrogens is 314 g/mol. The summed E-state index contributed by atoms with van der Waals surface area (Å²) in [4.78, 5) is 0. The van der Waals surface area contributed by atoms with Crippen LogP contribution in [-0.4, -0.2) is 13.6 Å².